The summed E-state index contributed by atoms with van der Waals surface area (Å²) in [6, 6.07) is 10.6. The Morgan fingerprint density at radius 1 is 1.16 bits per heavy atom. The van der Waals surface area contributed by atoms with Gasteiger partial charge in [-0.2, -0.15) is 4.98 Å². The molecule has 8 nitrogen and oxygen atoms in total. The summed E-state index contributed by atoms with van der Waals surface area (Å²) >= 11 is 0. The molecule has 3 heterocycles. The monoisotopic (exact) mass is 511 g/mol. The second-order valence-corrected chi connectivity index (χ2v) is 10.1. The largest absolute Gasteiger partial charge is 0.348 e. The van der Waals surface area contributed by atoms with Crippen LogP contribution in [0.3, 0.4) is 0 Å². The number of aromatic nitrogens is 3. The zero-order valence-corrected chi connectivity index (χ0v) is 22.5. The second kappa shape index (κ2) is 10.9. The fourth-order valence-corrected chi connectivity index (χ4v) is 5.40. The van der Waals surface area contributed by atoms with Crippen molar-refractivity contribution in [1.82, 2.24) is 25.6 Å². The average Bonchev–Trinajstić information content (AvgIpc) is 3.62. The van der Waals surface area contributed by atoms with E-state index in [4.69, 9.17) is 4.98 Å². The summed E-state index contributed by atoms with van der Waals surface area (Å²) in [5.74, 6) is 1.64. The minimum absolute atomic E-state index is 0.270. The third-order valence-electron chi connectivity index (χ3n) is 7.58. The van der Waals surface area contributed by atoms with Crippen molar-refractivity contribution >= 4 is 29.2 Å². The third-order valence-corrected chi connectivity index (χ3v) is 7.58. The second-order valence-electron chi connectivity index (χ2n) is 10.1. The van der Waals surface area contributed by atoms with E-state index in [1.54, 1.807) is 12.3 Å². The standard InChI is InChI=1S/C28H31N7O.C2H6/c1-3-12-30-26(36)21-15-31-27(32-20-7-8-22-19(13-20)14-29-16-28(22)10-11-28)35-25(21)34-23-9-6-18-5-4-17(2)24(18)33-23;1-2/h3,6-9,13,15,17,29H,1,4-5,10-12,14,16H2,2H3,(H,30,36)(H2,31,32,33,34,35);1-2H3. The highest BCUT2D eigenvalue weighted by Crippen LogP contribution is 2.50. The van der Waals surface area contributed by atoms with Crippen molar-refractivity contribution in [3.8, 4) is 0 Å². The molecule has 3 aromatic rings. The number of hydrogen-bond donors (Lipinski definition) is 4. The lowest BCUT2D eigenvalue weighted by Gasteiger charge is -2.26. The molecule has 0 saturated heterocycles. The molecule has 1 fully saturated rings. The fraction of sp³-hybridized carbons (Fsp3) is 0.400. The van der Waals surface area contributed by atoms with E-state index in [9.17, 15) is 4.79 Å². The van der Waals surface area contributed by atoms with Crippen LogP contribution in [0.15, 0.2) is 49.2 Å². The van der Waals surface area contributed by atoms with Crippen molar-refractivity contribution in [3.63, 3.8) is 0 Å². The molecule has 0 radical (unpaired) electrons. The summed E-state index contributed by atoms with van der Waals surface area (Å²) in [5.41, 5.74) is 6.79. The van der Waals surface area contributed by atoms with Crippen LogP contribution >= 0.6 is 0 Å². The maximum absolute atomic E-state index is 12.8. The normalized spacial score (nSPS) is 17.9. The van der Waals surface area contributed by atoms with Gasteiger partial charge in [0.25, 0.3) is 5.91 Å². The lowest BCUT2D eigenvalue weighted by atomic mass is 9.88. The molecule has 1 unspecified atom stereocenters. The number of nitrogens with one attached hydrogen (secondary N) is 4. The first-order chi connectivity index (χ1) is 18.5. The van der Waals surface area contributed by atoms with Gasteiger partial charge in [-0.05, 0) is 66.5 Å². The van der Waals surface area contributed by atoms with Gasteiger partial charge < -0.3 is 21.3 Å². The summed E-state index contributed by atoms with van der Waals surface area (Å²) in [6.45, 7) is 12.2. The van der Waals surface area contributed by atoms with Gasteiger partial charge in [0, 0.05) is 42.6 Å². The van der Waals surface area contributed by atoms with Crippen molar-refractivity contribution < 1.29 is 4.79 Å². The number of carbonyl (C=O) groups is 1. The van der Waals surface area contributed by atoms with Crippen LogP contribution in [0.2, 0.25) is 0 Å². The summed E-state index contributed by atoms with van der Waals surface area (Å²) in [4.78, 5) is 26.8. The van der Waals surface area contributed by atoms with E-state index in [0.29, 0.717) is 41.0 Å². The number of aryl methyl sites for hydroxylation is 1. The van der Waals surface area contributed by atoms with Crippen molar-refractivity contribution in [2.24, 2.45) is 0 Å². The molecule has 2 aromatic heterocycles. The molecule has 1 aromatic carbocycles. The summed E-state index contributed by atoms with van der Waals surface area (Å²) in [7, 11) is 0. The van der Waals surface area contributed by atoms with Gasteiger partial charge in [0.05, 0.1) is 0 Å². The number of anilines is 4. The Labute approximate surface area is 224 Å². The highest BCUT2D eigenvalue weighted by molar-refractivity contribution is 5.99. The zero-order valence-electron chi connectivity index (χ0n) is 22.5. The van der Waals surface area contributed by atoms with E-state index in [0.717, 1.165) is 37.3 Å². The Hall–Kier alpha value is -3.78. The molecule has 4 N–H and O–H groups in total. The van der Waals surface area contributed by atoms with E-state index in [1.807, 2.05) is 19.9 Å². The number of rotatable bonds is 7. The quantitative estimate of drug-likeness (QED) is 0.311. The minimum atomic E-state index is -0.270. The molecule has 1 aliphatic heterocycles. The maximum Gasteiger partial charge on any atom is 0.256 e. The molecular weight excluding hydrogens is 474 g/mol. The van der Waals surface area contributed by atoms with E-state index in [-0.39, 0.29) is 5.91 Å². The maximum atomic E-state index is 12.8. The molecular formula is C30H37N7O. The van der Waals surface area contributed by atoms with Crippen molar-refractivity contribution in [1.29, 1.82) is 0 Å². The average molecular weight is 512 g/mol. The number of hydrogen-bond acceptors (Lipinski definition) is 7. The molecule has 2 aliphatic carbocycles. The van der Waals surface area contributed by atoms with Crippen molar-refractivity contribution in [2.45, 2.75) is 64.3 Å². The van der Waals surface area contributed by atoms with E-state index in [2.05, 4.69) is 69.0 Å². The van der Waals surface area contributed by atoms with E-state index < -0.39 is 0 Å². The Morgan fingerprint density at radius 2 is 2.00 bits per heavy atom. The molecule has 1 atom stereocenters. The number of pyridine rings is 1. The SMILES string of the molecule is C=CCNC(=O)c1cnc(Nc2ccc3c(c2)CNCC32CC2)nc1Nc1ccc2c(n1)C(C)CC2.CC. The van der Waals surface area contributed by atoms with Crippen molar-refractivity contribution in [2.75, 3.05) is 23.7 Å². The summed E-state index contributed by atoms with van der Waals surface area (Å²) in [6.07, 6.45) is 7.86. The van der Waals surface area contributed by atoms with Crippen LogP contribution in [0.1, 0.15) is 78.7 Å². The van der Waals surface area contributed by atoms with Crippen LogP contribution in [0.4, 0.5) is 23.3 Å². The van der Waals surface area contributed by atoms with Gasteiger partial charge in [0.15, 0.2) is 0 Å². The van der Waals surface area contributed by atoms with Gasteiger partial charge in [-0.3, -0.25) is 4.79 Å². The van der Waals surface area contributed by atoms with Crippen molar-refractivity contribution in [3.05, 3.63) is 77.1 Å². The smallest absolute Gasteiger partial charge is 0.256 e. The minimum Gasteiger partial charge on any atom is -0.348 e. The van der Waals surface area contributed by atoms with Crippen LogP contribution < -0.4 is 21.3 Å². The Bertz CT molecular complexity index is 1350. The molecule has 198 valence electrons. The van der Waals surface area contributed by atoms with Crippen LogP contribution in [-0.4, -0.2) is 33.9 Å². The molecule has 0 bridgehead atoms. The van der Waals surface area contributed by atoms with Gasteiger partial charge in [-0.1, -0.05) is 39.0 Å². The number of benzene rings is 1. The number of nitrogens with zero attached hydrogens (tertiary/aromatic N) is 3. The third kappa shape index (κ3) is 5.13. The van der Waals surface area contributed by atoms with Crippen LogP contribution in [-0.2, 0) is 18.4 Å². The Morgan fingerprint density at radius 3 is 2.79 bits per heavy atom. The molecule has 38 heavy (non-hydrogen) atoms. The summed E-state index contributed by atoms with van der Waals surface area (Å²) < 4.78 is 0. The molecule has 6 rings (SSSR count). The predicted octanol–water partition coefficient (Wildman–Crippen LogP) is 5.49. The topological polar surface area (TPSA) is 104 Å². The molecule has 1 spiro atoms. The summed E-state index contributed by atoms with van der Waals surface area (Å²) in [5, 5.41) is 13.0. The molecule has 8 heteroatoms. The molecule has 1 amide bonds. The van der Waals surface area contributed by atoms with E-state index >= 15 is 0 Å². The lowest BCUT2D eigenvalue weighted by Crippen LogP contribution is -2.33. The lowest BCUT2D eigenvalue weighted by molar-refractivity contribution is 0.0958. The molecule has 3 aliphatic rings. The Balaban J connectivity index is 0.00000144. The van der Waals surface area contributed by atoms with Crippen LogP contribution in [0.5, 0.6) is 0 Å². The first kappa shape index (κ1) is 25.9. The van der Waals surface area contributed by atoms with Gasteiger partial charge in [0.2, 0.25) is 5.95 Å². The van der Waals surface area contributed by atoms with Crippen LogP contribution in [0, 0.1) is 0 Å². The fourth-order valence-electron chi connectivity index (χ4n) is 5.40. The number of carbonyl (C=O) groups excluding carboxylic acids is 1. The number of fused-ring (bicyclic) bond motifs is 3. The first-order valence-electron chi connectivity index (χ1n) is 13.7. The zero-order chi connectivity index (χ0) is 26.7. The van der Waals surface area contributed by atoms with Gasteiger partial charge in [-0.15, -0.1) is 6.58 Å². The first-order valence-corrected chi connectivity index (χ1v) is 13.7. The van der Waals surface area contributed by atoms with Gasteiger partial charge in [-0.25, -0.2) is 9.97 Å². The highest BCUT2D eigenvalue weighted by Gasteiger charge is 2.46. The van der Waals surface area contributed by atoms with E-state index in [1.165, 1.54) is 29.5 Å². The van der Waals surface area contributed by atoms with Crippen LogP contribution in [0.25, 0.3) is 0 Å². The van der Waals surface area contributed by atoms with Gasteiger partial charge in [0.1, 0.15) is 17.2 Å². The highest BCUT2D eigenvalue weighted by atomic mass is 16.1. The Kier molecular flexibility index (Phi) is 7.42. The van der Waals surface area contributed by atoms with Gasteiger partial charge >= 0.3 is 0 Å². The molecule has 1 saturated carbocycles. The predicted molar refractivity (Wildman–Crippen MR) is 153 cm³/mol. The number of amides is 1.